The van der Waals surface area contributed by atoms with E-state index >= 15 is 0 Å². The highest BCUT2D eigenvalue weighted by Gasteiger charge is 2.26. The number of carbonyl (C=O) groups excluding carboxylic acids is 1. The number of aliphatic carboxylic acids is 1. The number of likely N-dealkylation sites (tertiary alicyclic amines) is 1. The van der Waals surface area contributed by atoms with E-state index in [4.69, 9.17) is 5.11 Å². The molecule has 1 aromatic carbocycles. The van der Waals surface area contributed by atoms with E-state index in [0.717, 1.165) is 31.0 Å². The molecule has 2 rings (SSSR count). The summed E-state index contributed by atoms with van der Waals surface area (Å²) in [4.78, 5) is 26.8. The zero-order chi connectivity index (χ0) is 18.4. The van der Waals surface area contributed by atoms with Crippen LogP contribution < -0.4 is 5.32 Å². The van der Waals surface area contributed by atoms with E-state index in [1.807, 2.05) is 16.7 Å². The molecule has 0 bridgehead atoms. The third-order valence-corrected chi connectivity index (χ3v) is 4.39. The van der Waals surface area contributed by atoms with E-state index in [2.05, 4.69) is 5.32 Å². The van der Waals surface area contributed by atoms with E-state index in [1.165, 1.54) is 0 Å². The number of hydrogen-bond donors (Lipinski definition) is 2. The molecule has 26 heavy (non-hydrogen) atoms. The maximum atomic E-state index is 13.5. The van der Waals surface area contributed by atoms with Crippen LogP contribution >= 0.6 is 12.4 Å². The van der Waals surface area contributed by atoms with Gasteiger partial charge in [0.15, 0.2) is 0 Å². The van der Waals surface area contributed by atoms with Crippen LogP contribution in [0.3, 0.4) is 0 Å². The van der Waals surface area contributed by atoms with Gasteiger partial charge in [0, 0.05) is 25.2 Å². The van der Waals surface area contributed by atoms with Crippen LogP contribution in [0.25, 0.3) is 0 Å². The van der Waals surface area contributed by atoms with Crippen LogP contribution in [-0.4, -0.2) is 65.5 Å². The quantitative estimate of drug-likeness (QED) is 0.745. The summed E-state index contributed by atoms with van der Waals surface area (Å²) >= 11 is 0. The smallest absolute Gasteiger partial charge is 0.317 e. The average molecular weight is 392 g/mol. The van der Waals surface area contributed by atoms with Crippen molar-refractivity contribution in [3.05, 3.63) is 29.8 Å². The molecule has 0 radical (unpaired) electrons. The summed E-state index contributed by atoms with van der Waals surface area (Å²) in [6.07, 6.45) is 1.53. The minimum Gasteiger partial charge on any atom is -0.480 e. The molecule has 9 heteroatoms. The van der Waals surface area contributed by atoms with Crippen molar-refractivity contribution in [1.29, 1.82) is 0 Å². The number of hydrogen-bond acceptors (Lipinski definition) is 4. The summed E-state index contributed by atoms with van der Waals surface area (Å²) in [5.74, 6) is -2.54. The Morgan fingerprint density at radius 3 is 2.54 bits per heavy atom. The van der Waals surface area contributed by atoms with E-state index < -0.39 is 23.5 Å². The molecule has 1 aliphatic rings. The van der Waals surface area contributed by atoms with Gasteiger partial charge in [0.05, 0.1) is 18.8 Å². The largest absolute Gasteiger partial charge is 0.480 e. The first-order chi connectivity index (χ1) is 11.9. The van der Waals surface area contributed by atoms with Crippen molar-refractivity contribution in [3.8, 4) is 0 Å². The number of carbonyl (C=O) groups is 2. The number of halogens is 3. The highest BCUT2D eigenvalue weighted by molar-refractivity contribution is 5.92. The van der Waals surface area contributed by atoms with Crippen LogP contribution in [0, 0.1) is 11.6 Å². The van der Waals surface area contributed by atoms with Gasteiger partial charge in [0.1, 0.15) is 11.6 Å². The Kier molecular flexibility index (Phi) is 8.91. The number of carboxylic acid groups (broad SMARTS) is 1. The molecule has 1 amide bonds. The molecule has 0 unspecified atom stereocenters. The van der Waals surface area contributed by atoms with E-state index in [1.54, 1.807) is 0 Å². The van der Waals surface area contributed by atoms with Crippen molar-refractivity contribution in [2.45, 2.75) is 25.8 Å². The Hall–Kier alpha value is -1.77. The van der Waals surface area contributed by atoms with Crippen molar-refractivity contribution in [3.63, 3.8) is 0 Å². The molecule has 0 aromatic heterocycles. The predicted octanol–water partition coefficient (Wildman–Crippen LogP) is 2.20. The first kappa shape index (κ1) is 22.3. The molecule has 0 atom stereocenters. The monoisotopic (exact) mass is 391 g/mol. The molecule has 1 aliphatic heterocycles. The number of rotatable bonds is 7. The lowest BCUT2D eigenvalue weighted by molar-refractivity contribution is -0.139. The maximum absolute atomic E-state index is 13.5. The van der Waals surface area contributed by atoms with Crippen molar-refractivity contribution in [2.75, 3.05) is 38.0 Å². The molecule has 0 spiro atoms. The summed E-state index contributed by atoms with van der Waals surface area (Å²) in [5.41, 5.74) is -0.168. The molecule has 146 valence electrons. The fourth-order valence-electron chi connectivity index (χ4n) is 3.10. The third kappa shape index (κ3) is 6.51. The van der Waals surface area contributed by atoms with Gasteiger partial charge in [-0.05, 0) is 31.5 Å². The topological polar surface area (TPSA) is 72.9 Å². The summed E-state index contributed by atoms with van der Waals surface area (Å²) in [5, 5.41) is 11.3. The fourth-order valence-corrected chi connectivity index (χ4v) is 3.10. The normalized spacial score (nSPS) is 15.5. The number of likely N-dealkylation sites (N-methyl/N-ethyl adjacent to an activating group) is 1. The van der Waals surface area contributed by atoms with Crippen molar-refractivity contribution in [2.24, 2.45) is 0 Å². The first-order valence-electron chi connectivity index (χ1n) is 8.32. The Labute approximate surface area is 157 Å². The molecule has 2 N–H and O–H groups in total. The Morgan fingerprint density at radius 1 is 1.31 bits per heavy atom. The molecule has 6 nitrogen and oxygen atoms in total. The van der Waals surface area contributed by atoms with Crippen LogP contribution in [0.15, 0.2) is 18.2 Å². The standard InChI is InChI=1S/C17H23F2N3O3.ClH/c1-2-22(11-17(24)25)13-5-7-21(8-6-13)10-16(23)20-15-9-12(18)3-4-14(15)19;/h3-4,9,13H,2,5-8,10-11H2,1H3,(H,20,23)(H,24,25);1H. The van der Waals surface area contributed by atoms with Gasteiger partial charge in [0.25, 0.3) is 0 Å². The second kappa shape index (κ2) is 10.4. The number of carboxylic acids is 1. The van der Waals surface area contributed by atoms with Crippen LogP contribution in [-0.2, 0) is 9.59 Å². The summed E-state index contributed by atoms with van der Waals surface area (Å²) in [6.45, 7) is 4.00. The van der Waals surface area contributed by atoms with Crippen molar-refractivity contribution < 1.29 is 23.5 Å². The average Bonchev–Trinajstić information content (AvgIpc) is 2.56. The lowest BCUT2D eigenvalue weighted by Crippen LogP contribution is -2.48. The Bertz CT molecular complexity index is 625. The van der Waals surface area contributed by atoms with Gasteiger partial charge in [-0.2, -0.15) is 0 Å². The molecular weight excluding hydrogens is 368 g/mol. The maximum Gasteiger partial charge on any atom is 0.317 e. The van der Waals surface area contributed by atoms with Gasteiger partial charge in [0.2, 0.25) is 5.91 Å². The van der Waals surface area contributed by atoms with E-state index in [0.29, 0.717) is 19.6 Å². The molecule has 1 fully saturated rings. The minimum atomic E-state index is -0.847. The number of piperidine rings is 1. The van der Waals surface area contributed by atoms with Crippen LogP contribution in [0.4, 0.5) is 14.5 Å². The zero-order valence-corrected chi connectivity index (χ0v) is 15.4. The number of amides is 1. The van der Waals surface area contributed by atoms with Gasteiger partial charge in [-0.25, -0.2) is 8.78 Å². The molecular formula is C17H24ClF2N3O3. The van der Waals surface area contributed by atoms with Gasteiger partial charge in [-0.15, -0.1) is 12.4 Å². The second-order valence-corrected chi connectivity index (χ2v) is 6.14. The Morgan fingerprint density at radius 2 is 1.96 bits per heavy atom. The molecule has 0 saturated carbocycles. The fraction of sp³-hybridized carbons (Fsp3) is 0.529. The molecule has 1 saturated heterocycles. The molecule has 1 aromatic rings. The highest BCUT2D eigenvalue weighted by Crippen LogP contribution is 2.18. The lowest BCUT2D eigenvalue weighted by atomic mass is 10.0. The molecule has 0 aliphatic carbocycles. The van der Waals surface area contributed by atoms with E-state index in [-0.39, 0.29) is 37.2 Å². The third-order valence-electron chi connectivity index (χ3n) is 4.39. The Balaban J connectivity index is 0.00000338. The van der Waals surface area contributed by atoms with Gasteiger partial charge in [-0.1, -0.05) is 6.92 Å². The summed E-state index contributed by atoms with van der Waals surface area (Å²) in [6, 6.07) is 3.09. The van der Waals surface area contributed by atoms with Crippen LogP contribution in [0.2, 0.25) is 0 Å². The van der Waals surface area contributed by atoms with Gasteiger partial charge < -0.3 is 10.4 Å². The predicted molar refractivity (Wildman–Crippen MR) is 96.6 cm³/mol. The van der Waals surface area contributed by atoms with Crippen LogP contribution in [0.5, 0.6) is 0 Å². The SMILES string of the molecule is CCN(CC(=O)O)C1CCN(CC(=O)Nc2cc(F)ccc2F)CC1.Cl. The highest BCUT2D eigenvalue weighted by atomic mass is 35.5. The molecule has 1 heterocycles. The van der Waals surface area contributed by atoms with E-state index in [9.17, 15) is 18.4 Å². The number of benzene rings is 1. The van der Waals surface area contributed by atoms with Crippen LogP contribution in [0.1, 0.15) is 19.8 Å². The zero-order valence-electron chi connectivity index (χ0n) is 14.6. The minimum absolute atomic E-state index is 0. The van der Waals surface area contributed by atoms with Gasteiger partial charge >= 0.3 is 5.97 Å². The number of anilines is 1. The summed E-state index contributed by atoms with van der Waals surface area (Å²) in [7, 11) is 0. The second-order valence-electron chi connectivity index (χ2n) is 6.14. The van der Waals surface area contributed by atoms with Gasteiger partial charge in [-0.3, -0.25) is 19.4 Å². The summed E-state index contributed by atoms with van der Waals surface area (Å²) < 4.78 is 26.7. The van der Waals surface area contributed by atoms with Crippen molar-refractivity contribution in [1.82, 2.24) is 9.80 Å². The first-order valence-corrected chi connectivity index (χ1v) is 8.32. The van der Waals surface area contributed by atoms with Crippen molar-refractivity contribution >= 4 is 30.0 Å². The lowest BCUT2D eigenvalue weighted by Gasteiger charge is -2.37. The number of nitrogens with zero attached hydrogens (tertiary/aromatic N) is 2. The number of nitrogens with one attached hydrogen (secondary N) is 1.